The van der Waals surface area contributed by atoms with Crippen LogP contribution in [0.4, 0.5) is 0 Å². The molecule has 3 heteroatoms. The molecule has 0 aliphatic heterocycles. The Labute approximate surface area is 117 Å². The first-order chi connectivity index (χ1) is 9.13. The largest absolute Gasteiger partial charge is 0.480 e. The number of halogens is 1. The van der Waals surface area contributed by atoms with Crippen LogP contribution in [0.1, 0.15) is 23.4 Å². The molecule has 0 amide bonds. The summed E-state index contributed by atoms with van der Waals surface area (Å²) in [7, 11) is 0. The molecule has 0 heterocycles. The lowest BCUT2D eigenvalue weighted by Crippen LogP contribution is -2.07. The van der Waals surface area contributed by atoms with E-state index in [0.29, 0.717) is 5.56 Å². The summed E-state index contributed by atoms with van der Waals surface area (Å²) in [5.74, 6) is -1.01. The number of hydrogen-bond donors (Lipinski definition) is 1. The highest BCUT2D eigenvalue weighted by Crippen LogP contribution is 2.29. The molecule has 0 aliphatic carbocycles. The van der Waals surface area contributed by atoms with Crippen molar-refractivity contribution < 1.29 is 9.90 Å². The first kappa shape index (κ1) is 13.6. The third kappa shape index (κ3) is 2.96. The quantitative estimate of drug-likeness (QED) is 0.845. The summed E-state index contributed by atoms with van der Waals surface area (Å²) in [6, 6.07) is 15.7. The van der Waals surface area contributed by atoms with Crippen LogP contribution < -0.4 is 0 Å². The number of alkyl halides is 1. The summed E-state index contributed by atoms with van der Waals surface area (Å²) in [5, 5.41) is 8.02. The van der Waals surface area contributed by atoms with E-state index in [-0.39, 0.29) is 0 Å². The molecule has 0 fully saturated rings. The second-order valence-electron chi connectivity index (χ2n) is 4.33. The molecule has 2 aromatic carbocycles. The van der Waals surface area contributed by atoms with E-state index in [1.807, 2.05) is 55.5 Å². The molecule has 1 atom stereocenters. The van der Waals surface area contributed by atoms with Crippen LogP contribution in [0.5, 0.6) is 0 Å². The second kappa shape index (κ2) is 5.89. The van der Waals surface area contributed by atoms with Crippen molar-refractivity contribution in [2.75, 3.05) is 0 Å². The molecule has 0 saturated carbocycles. The SMILES string of the molecule is CCc1cc(-c2ccccc2)ccc1C(Cl)C(=O)O. The Morgan fingerprint density at radius 3 is 2.42 bits per heavy atom. The monoisotopic (exact) mass is 274 g/mol. The van der Waals surface area contributed by atoms with Gasteiger partial charge in [0.15, 0.2) is 5.38 Å². The van der Waals surface area contributed by atoms with Crippen molar-refractivity contribution in [2.24, 2.45) is 0 Å². The summed E-state index contributed by atoms with van der Waals surface area (Å²) in [5.41, 5.74) is 3.85. The van der Waals surface area contributed by atoms with Crippen molar-refractivity contribution in [3.05, 3.63) is 59.7 Å². The molecule has 2 rings (SSSR count). The number of aryl methyl sites for hydroxylation is 1. The highest BCUT2D eigenvalue weighted by atomic mass is 35.5. The number of benzene rings is 2. The van der Waals surface area contributed by atoms with E-state index in [2.05, 4.69) is 0 Å². The minimum absolute atomic E-state index is 0.677. The zero-order valence-corrected chi connectivity index (χ0v) is 11.4. The van der Waals surface area contributed by atoms with Gasteiger partial charge in [-0.15, -0.1) is 11.6 Å². The van der Waals surface area contributed by atoms with E-state index in [0.717, 1.165) is 23.1 Å². The van der Waals surface area contributed by atoms with Gasteiger partial charge < -0.3 is 5.11 Å². The van der Waals surface area contributed by atoms with Crippen LogP contribution >= 0.6 is 11.6 Å². The topological polar surface area (TPSA) is 37.3 Å². The van der Waals surface area contributed by atoms with E-state index in [4.69, 9.17) is 16.7 Å². The number of carboxylic acids is 1. The van der Waals surface area contributed by atoms with Gasteiger partial charge >= 0.3 is 5.97 Å². The van der Waals surface area contributed by atoms with Gasteiger partial charge in [0.1, 0.15) is 0 Å². The predicted molar refractivity (Wildman–Crippen MR) is 77.5 cm³/mol. The molecular weight excluding hydrogens is 260 g/mol. The van der Waals surface area contributed by atoms with Gasteiger partial charge in [0, 0.05) is 0 Å². The number of carboxylic acid groups (broad SMARTS) is 1. The molecule has 0 aromatic heterocycles. The average molecular weight is 275 g/mol. The average Bonchev–Trinajstić information content (AvgIpc) is 2.46. The maximum Gasteiger partial charge on any atom is 0.326 e. The van der Waals surface area contributed by atoms with Crippen LogP contribution in [0.25, 0.3) is 11.1 Å². The molecule has 0 radical (unpaired) electrons. The van der Waals surface area contributed by atoms with Gasteiger partial charge in [-0.25, -0.2) is 0 Å². The zero-order valence-electron chi connectivity index (χ0n) is 10.6. The second-order valence-corrected chi connectivity index (χ2v) is 4.77. The molecule has 0 bridgehead atoms. The van der Waals surface area contributed by atoms with Crippen LogP contribution in [-0.2, 0) is 11.2 Å². The lowest BCUT2D eigenvalue weighted by Gasteiger charge is -2.12. The van der Waals surface area contributed by atoms with Gasteiger partial charge in [-0.05, 0) is 28.7 Å². The third-order valence-corrected chi connectivity index (χ3v) is 3.54. The molecule has 2 nitrogen and oxygen atoms in total. The van der Waals surface area contributed by atoms with E-state index in [1.165, 1.54) is 0 Å². The van der Waals surface area contributed by atoms with Gasteiger partial charge in [-0.3, -0.25) is 4.79 Å². The van der Waals surface area contributed by atoms with Crippen molar-refractivity contribution in [1.29, 1.82) is 0 Å². The fourth-order valence-electron chi connectivity index (χ4n) is 2.10. The van der Waals surface area contributed by atoms with Crippen molar-refractivity contribution in [3.8, 4) is 11.1 Å². The molecule has 0 spiro atoms. The Hall–Kier alpha value is -1.80. The van der Waals surface area contributed by atoms with Gasteiger partial charge in [0.05, 0.1) is 0 Å². The Morgan fingerprint density at radius 2 is 1.84 bits per heavy atom. The standard InChI is InChI=1S/C16H15ClO2/c1-2-11-10-13(12-6-4-3-5-7-12)8-9-14(11)15(17)16(18)19/h3-10,15H,2H2,1H3,(H,18,19). The summed E-state index contributed by atoms with van der Waals surface area (Å²) in [6.07, 6.45) is 0.756. The first-order valence-electron chi connectivity index (χ1n) is 6.18. The molecular formula is C16H15ClO2. The van der Waals surface area contributed by atoms with Crippen molar-refractivity contribution >= 4 is 17.6 Å². The highest BCUT2D eigenvalue weighted by molar-refractivity contribution is 6.29. The summed E-state index contributed by atoms with van der Waals surface area (Å²) >= 11 is 5.92. The molecule has 1 unspecified atom stereocenters. The Bertz CT molecular complexity index is 579. The zero-order chi connectivity index (χ0) is 13.8. The first-order valence-corrected chi connectivity index (χ1v) is 6.62. The number of hydrogen-bond acceptors (Lipinski definition) is 1. The lowest BCUT2D eigenvalue weighted by molar-refractivity contribution is -0.136. The maximum atomic E-state index is 11.0. The molecule has 2 aromatic rings. The van der Waals surface area contributed by atoms with E-state index in [1.54, 1.807) is 0 Å². The number of carbonyl (C=O) groups is 1. The van der Waals surface area contributed by atoms with Crippen molar-refractivity contribution in [3.63, 3.8) is 0 Å². The summed E-state index contributed by atoms with van der Waals surface area (Å²) in [4.78, 5) is 11.0. The lowest BCUT2D eigenvalue weighted by atomic mass is 9.96. The minimum Gasteiger partial charge on any atom is -0.480 e. The Balaban J connectivity index is 2.45. The van der Waals surface area contributed by atoms with Gasteiger partial charge in [0.25, 0.3) is 0 Å². The molecule has 98 valence electrons. The summed E-state index contributed by atoms with van der Waals surface area (Å²) in [6.45, 7) is 2.00. The molecule has 0 saturated heterocycles. The van der Waals surface area contributed by atoms with E-state index in [9.17, 15) is 4.79 Å². The van der Waals surface area contributed by atoms with Crippen molar-refractivity contribution in [2.45, 2.75) is 18.7 Å². The fraction of sp³-hybridized carbons (Fsp3) is 0.188. The predicted octanol–water partition coefficient (Wildman–Crippen LogP) is 4.28. The Morgan fingerprint density at radius 1 is 1.16 bits per heavy atom. The van der Waals surface area contributed by atoms with E-state index < -0.39 is 11.3 Å². The van der Waals surface area contributed by atoms with Crippen LogP contribution in [-0.4, -0.2) is 11.1 Å². The molecule has 19 heavy (non-hydrogen) atoms. The van der Waals surface area contributed by atoms with Crippen molar-refractivity contribution in [1.82, 2.24) is 0 Å². The van der Waals surface area contributed by atoms with Gasteiger partial charge in [-0.1, -0.05) is 55.5 Å². The smallest absolute Gasteiger partial charge is 0.326 e. The third-order valence-electron chi connectivity index (χ3n) is 3.12. The van der Waals surface area contributed by atoms with Crippen LogP contribution in [0.3, 0.4) is 0 Å². The summed E-state index contributed by atoms with van der Waals surface area (Å²) < 4.78 is 0. The molecule has 0 aliphatic rings. The highest BCUT2D eigenvalue weighted by Gasteiger charge is 2.19. The van der Waals surface area contributed by atoms with E-state index >= 15 is 0 Å². The normalized spacial score (nSPS) is 12.1. The van der Waals surface area contributed by atoms with Crippen LogP contribution in [0.15, 0.2) is 48.5 Å². The minimum atomic E-state index is -1.01. The van der Waals surface area contributed by atoms with Crippen LogP contribution in [0.2, 0.25) is 0 Å². The molecule has 1 N–H and O–H groups in total. The maximum absolute atomic E-state index is 11.0. The van der Waals surface area contributed by atoms with Crippen LogP contribution in [0, 0.1) is 0 Å². The van der Waals surface area contributed by atoms with Gasteiger partial charge in [-0.2, -0.15) is 0 Å². The van der Waals surface area contributed by atoms with Gasteiger partial charge in [0.2, 0.25) is 0 Å². The number of rotatable bonds is 4. The number of aliphatic carboxylic acids is 1. The Kier molecular flexibility index (Phi) is 4.23. The fourth-order valence-corrected chi connectivity index (χ4v) is 2.32.